The standard InChI is InChI=1S/C13H13N7S2/c14-12(21)20-19-10-5-6-15-13(18-10)22-7-11-16-8-3-1-2-4-9(8)17-11/h1-6H,7H2,(H,16,17)(H3,14,20,21)(H,15,18,19). The fourth-order valence-electron chi connectivity index (χ4n) is 1.81. The van der Waals surface area contributed by atoms with Gasteiger partial charge in [0.2, 0.25) is 0 Å². The van der Waals surface area contributed by atoms with Crippen molar-refractivity contribution >= 4 is 45.9 Å². The number of thioether (sulfide) groups is 1. The van der Waals surface area contributed by atoms with Crippen LogP contribution in [0, 0.1) is 0 Å². The number of aromatic nitrogens is 4. The zero-order valence-corrected chi connectivity index (χ0v) is 13.0. The summed E-state index contributed by atoms with van der Waals surface area (Å²) in [5, 5.41) is 0.783. The highest BCUT2D eigenvalue weighted by Gasteiger charge is 2.05. The minimum Gasteiger partial charge on any atom is -0.375 e. The predicted molar refractivity (Wildman–Crippen MR) is 91.2 cm³/mol. The molecule has 2 heterocycles. The van der Waals surface area contributed by atoms with Crippen LogP contribution in [0.4, 0.5) is 5.82 Å². The van der Waals surface area contributed by atoms with Crippen LogP contribution in [0.3, 0.4) is 0 Å². The van der Waals surface area contributed by atoms with Gasteiger partial charge in [0.05, 0.1) is 16.8 Å². The van der Waals surface area contributed by atoms with E-state index in [0.29, 0.717) is 16.7 Å². The van der Waals surface area contributed by atoms with E-state index in [1.54, 1.807) is 12.3 Å². The minimum absolute atomic E-state index is 0.148. The first-order chi connectivity index (χ1) is 10.7. The maximum atomic E-state index is 5.35. The van der Waals surface area contributed by atoms with Gasteiger partial charge >= 0.3 is 0 Å². The van der Waals surface area contributed by atoms with Crippen molar-refractivity contribution in [3.63, 3.8) is 0 Å². The molecule has 0 amide bonds. The molecule has 0 unspecified atom stereocenters. The molecule has 0 radical (unpaired) electrons. The summed E-state index contributed by atoms with van der Waals surface area (Å²) in [6.07, 6.45) is 1.66. The molecule has 0 aliphatic carbocycles. The molecular formula is C13H13N7S2. The Morgan fingerprint density at radius 1 is 1.27 bits per heavy atom. The number of hydrazine groups is 1. The van der Waals surface area contributed by atoms with Crippen LogP contribution in [0.2, 0.25) is 0 Å². The Bertz CT molecular complexity index is 769. The lowest BCUT2D eigenvalue weighted by molar-refractivity contribution is 0.944. The van der Waals surface area contributed by atoms with Gasteiger partial charge in [-0.3, -0.25) is 10.9 Å². The lowest BCUT2D eigenvalue weighted by Crippen LogP contribution is -2.34. The van der Waals surface area contributed by atoms with Gasteiger partial charge in [0.15, 0.2) is 10.3 Å². The van der Waals surface area contributed by atoms with Crippen molar-refractivity contribution < 1.29 is 0 Å². The van der Waals surface area contributed by atoms with Gasteiger partial charge in [-0.1, -0.05) is 23.9 Å². The van der Waals surface area contributed by atoms with Gasteiger partial charge in [-0.05, 0) is 24.4 Å². The Morgan fingerprint density at radius 3 is 2.95 bits per heavy atom. The van der Waals surface area contributed by atoms with Gasteiger partial charge in [-0.15, -0.1) is 0 Å². The summed E-state index contributed by atoms with van der Waals surface area (Å²) in [5.74, 6) is 2.13. The molecule has 7 nitrogen and oxygen atoms in total. The Balaban J connectivity index is 1.65. The summed E-state index contributed by atoms with van der Waals surface area (Å²) >= 11 is 6.21. The van der Waals surface area contributed by atoms with E-state index < -0.39 is 0 Å². The van der Waals surface area contributed by atoms with Crippen molar-refractivity contribution in [2.75, 3.05) is 5.43 Å². The molecule has 3 aromatic rings. The first kappa shape index (κ1) is 14.5. The van der Waals surface area contributed by atoms with Crippen LogP contribution < -0.4 is 16.6 Å². The quantitative estimate of drug-likeness (QED) is 0.243. The topological polar surface area (TPSA) is 105 Å². The smallest absolute Gasteiger partial charge is 0.189 e. The normalized spacial score (nSPS) is 10.5. The average molecular weight is 331 g/mol. The second-order valence-electron chi connectivity index (χ2n) is 4.33. The van der Waals surface area contributed by atoms with E-state index in [1.165, 1.54) is 11.8 Å². The molecule has 9 heteroatoms. The van der Waals surface area contributed by atoms with Crippen LogP contribution >= 0.6 is 24.0 Å². The number of nitrogens with two attached hydrogens (primary N) is 1. The molecule has 0 aliphatic rings. The maximum Gasteiger partial charge on any atom is 0.189 e. The van der Waals surface area contributed by atoms with Crippen molar-refractivity contribution in [1.82, 2.24) is 25.4 Å². The van der Waals surface area contributed by atoms with Crippen LogP contribution in [0.5, 0.6) is 0 Å². The molecule has 0 aliphatic heterocycles. The van der Waals surface area contributed by atoms with Crippen LogP contribution in [0.25, 0.3) is 11.0 Å². The lowest BCUT2D eigenvalue weighted by atomic mass is 10.3. The Kier molecular flexibility index (Phi) is 4.35. The summed E-state index contributed by atoms with van der Waals surface area (Å²) in [5.41, 5.74) is 12.7. The minimum atomic E-state index is 0.148. The van der Waals surface area contributed by atoms with Crippen molar-refractivity contribution in [2.45, 2.75) is 10.9 Å². The second-order valence-corrected chi connectivity index (χ2v) is 5.71. The third kappa shape index (κ3) is 3.62. The van der Waals surface area contributed by atoms with E-state index in [-0.39, 0.29) is 5.11 Å². The van der Waals surface area contributed by atoms with E-state index >= 15 is 0 Å². The second kappa shape index (κ2) is 6.58. The lowest BCUT2D eigenvalue weighted by Gasteiger charge is -2.07. The molecule has 0 bridgehead atoms. The number of nitrogens with zero attached hydrogens (tertiary/aromatic N) is 3. The van der Waals surface area contributed by atoms with Gasteiger partial charge in [-0.25, -0.2) is 15.0 Å². The van der Waals surface area contributed by atoms with Gasteiger partial charge in [0.1, 0.15) is 11.6 Å². The molecular weight excluding hydrogens is 318 g/mol. The molecule has 1 aromatic carbocycles. The molecule has 0 atom stereocenters. The number of fused-ring (bicyclic) bond motifs is 1. The highest BCUT2D eigenvalue weighted by atomic mass is 32.2. The fourth-order valence-corrected chi connectivity index (χ4v) is 2.56. The number of imidazole rings is 1. The average Bonchev–Trinajstić information content (AvgIpc) is 2.94. The first-order valence-electron chi connectivity index (χ1n) is 6.41. The van der Waals surface area contributed by atoms with E-state index in [1.807, 2.05) is 24.3 Å². The molecule has 0 fully saturated rings. The van der Waals surface area contributed by atoms with E-state index in [4.69, 9.17) is 18.0 Å². The zero-order chi connectivity index (χ0) is 15.4. The number of nitrogens with one attached hydrogen (secondary N) is 3. The van der Waals surface area contributed by atoms with Crippen molar-refractivity contribution in [3.05, 3.63) is 42.4 Å². The Morgan fingerprint density at radius 2 is 2.14 bits per heavy atom. The van der Waals surface area contributed by atoms with Crippen LogP contribution in [0.15, 0.2) is 41.7 Å². The monoisotopic (exact) mass is 331 g/mol. The molecule has 2 aromatic heterocycles. The molecule has 112 valence electrons. The zero-order valence-electron chi connectivity index (χ0n) is 11.4. The van der Waals surface area contributed by atoms with Crippen LogP contribution in [0.1, 0.15) is 5.82 Å². The SMILES string of the molecule is NC(=S)NNc1ccnc(SCc2nc3ccccc3[nH]2)n1. The van der Waals surface area contributed by atoms with E-state index in [9.17, 15) is 0 Å². The number of para-hydroxylation sites is 2. The van der Waals surface area contributed by atoms with E-state index in [2.05, 4.69) is 30.8 Å². The number of anilines is 1. The third-order valence-electron chi connectivity index (χ3n) is 2.72. The number of thiocarbonyl (C=S) groups is 1. The fraction of sp³-hybridized carbons (Fsp3) is 0.0769. The summed E-state index contributed by atoms with van der Waals surface area (Å²) in [6, 6.07) is 9.63. The van der Waals surface area contributed by atoms with Gasteiger partial charge in [0, 0.05) is 12.3 Å². The number of benzene rings is 1. The largest absolute Gasteiger partial charge is 0.375 e. The molecule has 5 N–H and O–H groups in total. The first-order valence-corrected chi connectivity index (χ1v) is 7.81. The number of hydrogen-bond donors (Lipinski definition) is 4. The van der Waals surface area contributed by atoms with Crippen LogP contribution in [-0.2, 0) is 5.75 Å². The number of rotatable bonds is 5. The van der Waals surface area contributed by atoms with Crippen molar-refractivity contribution in [3.8, 4) is 0 Å². The predicted octanol–water partition coefficient (Wildman–Crippen LogP) is 1.81. The molecule has 0 spiro atoms. The van der Waals surface area contributed by atoms with Crippen LogP contribution in [-0.4, -0.2) is 25.0 Å². The Hall–Kier alpha value is -2.39. The highest BCUT2D eigenvalue weighted by molar-refractivity contribution is 7.98. The number of aromatic amines is 1. The summed E-state index contributed by atoms with van der Waals surface area (Å²) in [6.45, 7) is 0. The maximum absolute atomic E-state index is 5.35. The van der Waals surface area contributed by atoms with E-state index in [0.717, 1.165) is 16.9 Å². The van der Waals surface area contributed by atoms with Gasteiger partial charge in [-0.2, -0.15) is 0 Å². The van der Waals surface area contributed by atoms with Gasteiger partial charge in [0.25, 0.3) is 0 Å². The van der Waals surface area contributed by atoms with Crippen molar-refractivity contribution in [2.24, 2.45) is 5.73 Å². The number of H-pyrrole nitrogens is 1. The number of hydrogen-bond acceptors (Lipinski definition) is 6. The molecule has 22 heavy (non-hydrogen) atoms. The molecule has 3 rings (SSSR count). The third-order valence-corrected chi connectivity index (χ3v) is 3.70. The highest BCUT2D eigenvalue weighted by Crippen LogP contribution is 2.20. The summed E-state index contributed by atoms with van der Waals surface area (Å²) < 4.78 is 0. The molecule has 0 saturated heterocycles. The van der Waals surface area contributed by atoms with Crippen molar-refractivity contribution in [1.29, 1.82) is 0 Å². The van der Waals surface area contributed by atoms with Gasteiger partial charge < -0.3 is 10.7 Å². The summed E-state index contributed by atoms with van der Waals surface area (Å²) in [7, 11) is 0. The molecule has 0 saturated carbocycles. The Labute approximate surface area is 136 Å². The summed E-state index contributed by atoms with van der Waals surface area (Å²) in [4.78, 5) is 16.3.